The number of rotatable bonds is 5. The molecule has 0 aromatic heterocycles. The third kappa shape index (κ3) is 5.65. The molecule has 1 aliphatic carbocycles. The van der Waals surface area contributed by atoms with Crippen LogP contribution in [0.1, 0.15) is 54.4 Å². The quantitative estimate of drug-likeness (QED) is 0.453. The van der Waals surface area contributed by atoms with Crippen LogP contribution in [0.25, 0.3) is 0 Å². The van der Waals surface area contributed by atoms with Crippen LogP contribution in [0.5, 0.6) is 0 Å². The van der Waals surface area contributed by atoms with E-state index >= 15 is 0 Å². The van der Waals surface area contributed by atoms with Gasteiger partial charge in [-0.25, -0.2) is 0 Å². The predicted molar refractivity (Wildman–Crippen MR) is 118 cm³/mol. The van der Waals surface area contributed by atoms with Crippen LogP contribution < -0.4 is 0 Å². The highest BCUT2D eigenvalue weighted by atomic mass is 28.4. The molecular formula is C21H42O3Si2. The fourth-order valence-electron chi connectivity index (χ4n) is 2.62. The second-order valence-electron chi connectivity index (χ2n) is 10.8. The average molecular weight is 399 g/mol. The van der Waals surface area contributed by atoms with E-state index in [1.165, 1.54) is 5.57 Å². The van der Waals surface area contributed by atoms with E-state index in [2.05, 4.69) is 74.3 Å². The van der Waals surface area contributed by atoms with Gasteiger partial charge in [-0.15, -0.1) is 0 Å². The summed E-state index contributed by atoms with van der Waals surface area (Å²) in [7, 11) is -3.81. The molecule has 26 heavy (non-hydrogen) atoms. The van der Waals surface area contributed by atoms with Gasteiger partial charge in [0.1, 0.15) is 0 Å². The Morgan fingerprint density at radius 1 is 0.923 bits per heavy atom. The minimum atomic E-state index is -1.91. The van der Waals surface area contributed by atoms with Gasteiger partial charge in [-0.1, -0.05) is 59.8 Å². The van der Waals surface area contributed by atoms with Gasteiger partial charge in [0.2, 0.25) is 0 Å². The lowest BCUT2D eigenvalue weighted by Gasteiger charge is -2.46. The molecule has 0 radical (unpaired) electrons. The highest BCUT2D eigenvalue weighted by Gasteiger charge is 2.44. The highest BCUT2D eigenvalue weighted by Crippen LogP contribution is 2.44. The van der Waals surface area contributed by atoms with Crippen molar-refractivity contribution in [2.75, 3.05) is 6.61 Å². The maximum absolute atomic E-state index is 9.42. The highest BCUT2D eigenvalue weighted by molar-refractivity contribution is 6.74. The van der Waals surface area contributed by atoms with Crippen molar-refractivity contribution in [2.45, 2.75) is 103 Å². The molecule has 1 fully saturated rings. The molecule has 1 aliphatic rings. The summed E-state index contributed by atoms with van der Waals surface area (Å²) in [4.78, 5) is 0. The fraction of sp³-hybridized carbons (Fsp3) is 0.810. The minimum absolute atomic E-state index is 0.0165. The molecule has 0 heterocycles. The van der Waals surface area contributed by atoms with Crippen LogP contribution in [-0.4, -0.2) is 40.6 Å². The summed E-state index contributed by atoms with van der Waals surface area (Å²) >= 11 is 0. The Labute approximate surface area is 164 Å². The molecule has 0 saturated heterocycles. The lowest BCUT2D eigenvalue weighted by molar-refractivity contribution is 0.131. The van der Waals surface area contributed by atoms with Gasteiger partial charge in [0, 0.05) is 0 Å². The Hall–Kier alpha value is -0.206. The summed E-state index contributed by atoms with van der Waals surface area (Å²) in [6.45, 7) is 27.2. The maximum Gasteiger partial charge on any atom is 0.192 e. The zero-order valence-electron chi connectivity index (χ0n) is 18.8. The van der Waals surface area contributed by atoms with Gasteiger partial charge in [-0.2, -0.15) is 0 Å². The maximum atomic E-state index is 9.42. The average Bonchev–Trinajstić information content (AvgIpc) is 2.41. The van der Waals surface area contributed by atoms with Crippen molar-refractivity contribution in [1.82, 2.24) is 0 Å². The molecule has 1 rings (SSSR count). The largest absolute Gasteiger partial charge is 0.410 e. The van der Waals surface area contributed by atoms with Crippen LogP contribution in [0.2, 0.25) is 36.3 Å². The first kappa shape index (κ1) is 23.8. The van der Waals surface area contributed by atoms with Crippen LogP contribution in [0.15, 0.2) is 23.8 Å². The summed E-state index contributed by atoms with van der Waals surface area (Å²) < 4.78 is 13.4. The molecule has 0 amide bonds. The topological polar surface area (TPSA) is 38.7 Å². The normalized spacial score (nSPS) is 23.3. The zero-order chi connectivity index (χ0) is 20.6. The first-order chi connectivity index (χ1) is 11.5. The summed E-state index contributed by atoms with van der Waals surface area (Å²) in [6, 6.07) is 0. The number of aliphatic hydroxyl groups is 1. The molecule has 0 aromatic rings. The second kappa shape index (κ2) is 8.04. The van der Waals surface area contributed by atoms with E-state index in [-0.39, 0.29) is 28.9 Å². The van der Waals surface area contributed by atoms with Gasteiger partial charge in [0.05, 0.1) is 18.8 Å². The van der Waals surface area contributed by atoms with Crippen molar-refractivity contribution in [3.8, 4) is 0 Å². The third-order valence-electron chi connectivity index (χ3n) is 6.59. The molecule has 0 aliphatic heterocycles. The van der Waals surface area contributed by atoms with Gasteiger partial charge in [0.25, 0.3) is 0 Å². The first-order valence-electron chi connectivity index (χ1n) is 9.85. The Bertz CT molecular complexity index is 494. The first-order valence-corrected chi connectivity index (χ1v) is 15.7. The smallest absolute Gasteiger partial charge is 0.192 e. The van der Waals surface area contributed by atoms with Crippen molar-refractivity contribution in [1.29, 1.82) is 0 Å². The lowest BCUT2D eigenvalue weighted by atomic mass is 9.86. The van der Waals surface area contributed by atoms with Crippen molar-refractivity contribution < 1.29 is 14.0 Å². The Kier molecular flexibility index (Phi) is 7.37. The predicted octanol–water partition coefficient (Wildman–Crippen LogP) is 6.04. The molecule has 5 heteroatoms. The summed E-state index contributed by atoms with van der Waals surface area (Å²) in [5.74, 6) is 0. The van der Waals surface area contributed by atoms with E-state index in [4.69, 9.17) is 8.85 Å². The van der Waals surface area contributed by atoms with Crippen LogP contribution in [0, 0.1) is 0 Å². The molecule has 0 aromatic carbocycles. The fourth-order valence-corrected chi connectivity index (χ4v) is 5.22. The number of aliphatic hydroxyl groups excluding tert-OH is 1. The lowest BCUT2D eigenvalue weighted by Crippen LogP contribution is -2.49. The number of hydrogen-bond donors (Lipinski definition) is 1. The molecule has 0 spiro atoms. The van der Waals surface area contributed by atoms with E-state index in [0.717, 1.165) is 18.4 Å². The summed E-state index contributed by atoms with van der Waals surface area (Å²) in [5.41, 5.74) is 2.31. The monoisotopic (exact) mass is 398 g/mol. The minimum Gasteiger partial charge on any atom is -0.410 e. The molecule has 2 atom stereocenters. The van der Waals surface area contributed by atoms with Crippen molar-refractivity contribution in [3.63, 3.8) is 0 Å². The molecule has 0 bridgehead atoms. The van der Waals surface area contributed by atoms with Crippen molar-refractivity contribution in [2.24, 2.45) is 0 Å². The zero-order valence-corrected chi connectivity index (χ0v) is 20.8. The van der Waals surface area contributed by atoms with Crippen molar-refractivity contribution in [3.05, 3.63) is 23.8 Å². The van der Waals surface area contributed by atoms with E-state index in [0.29, 0.717) is 0 Å². The molecule has 1 saturated carbocycles. The molecule has 152 valence electrons. The van der Waals surface area contributed by atoms with Gasteiger partial charge in [-0.3, -0.25) is 0 Å². The standard InChI is InChI=1S/C21H42O3Si2/c1-16-18(23-25(8,9)20(2,3)4)14-17(12-13-22)15-19(16)24-26(10,11)21(5,6)7/h12,18-19,22H,1,13-15H2,2-11H3/t18-,19-/m0/s1. The molecular weight excluding hydrogens is 356 g/mol. The SMILES string of the molecule is C=C1[C@@H](O[Si](C)(C)C(C)(C)C)CC(=CCO)C[C@@H]1O[Si](C)(C)C(C)(C)C. The Balaban J connectivity index is 3.10. The van der Waals surface area contributed by atoms with Crippen molar-refractivity contribution >= 4 is 16.6 Å². The van der Waals surface area contributed by atoms with E-state index in [1.807, 2.05) is 6.08 Å². The Morgan fingerprint density at radius 3 is 1.54 bits per heavy atom. The van der Waals surface area contributed by atoms with Crippen LogP contribution in [0.4, 0.5) is 0 Å². The Morgan fingerprint density at radius 2 is 1.27 bits per heavy atom. The summed E-state index contributed by atoms with van der Waals surface area (Å²) in [6.07, 6.45) is 3.54. The van der Waals surface area contributed by atoms with Crippen LogP contribution in [0.3, 0.4) is 0 Å². The van der Waals surface area contributed by atoms with Gasteiger partial charge < -0.3 is 14.0 Å². The molecule has 3 nitrogen and oxygen atoms in total. The van der Waals surface area contributed by atoms with E-state index < -0.39 is 16.6 Å². The third-order valence-corrected chi connectivity index (χ3v) is 15.6. The van der Waals surface area contributed by atoms with Gasteiger partial charge in [-0.05, 0) is 54.7 Å². The molecule has 0 unspecified atom stereocenters. The van der Waals surface area contributed by atoms with E-state index in [9.17, 15) is 5.11 Å². The van der Waals surface area contributed by atoms with Gasteiger partial charge >= 0.3 is 0 Å². The second-order valence-corrected chi connectivity index (χ2v) is 20.3. The van der Waals surface area contributed by atoms with Crippen LogP contribution in [-0.2, 0) is 8.85 Å². The van der Waals surface area contributed by atoms with E-state index in [1.54, 1.807) is 0 Å². The molecule has 1 N–H and O–H groups in total. The summed E-state index contributed by atoms with van der Waals surface area (Å²) in [5, 5.41) is 9.73. The van der Waals surface area contributed by atoms with Gasteiger partial charge in [0.15, 0.2) is 16.6 Å². The van der Waals surface area contributed by atoms with Crippen LogP contribution >= 0.6 is 0 Å². The number of hydrogen-bond acceptors (Lipinski definition) is 3.